The van der Waals surface area contributed by atoms with E-state index in [1.807, 2.05) is 24.3 Å². The number of ether oxygens (including phenoxy) is 3. The van der Waals surface area contributed by atoms with Crippen LogP contribution in [0.1, 0.15) is 5.56 Å². The zero-order valence-electron chi connectivity index (χ0n) is 15.0. The van der Waals surface area contributed by atoms with Crippen molar-refractivity contribution in [1.82, 2.24) is 9.78 Å². The minimum Gasteiger partial charge on any atom is -0.493 e. The van der Waals surface area contributed by atoms with Crippen molar-refractivity contribution in [1.29, 1.82) is 0 Å². The van der Waals surface area contributed by atoms with Crippen molar-refractivity contribution >= 4 is 21.6 Å². The van der Waals surface area contributed by atoms with E-state index in [1.54, 1.807) is 26.4 Å². The first-order valence-corrected chi connectivity index (χ1v) is 8.74. The molecule has 0 aliphatic rings. The normalized spacial score (nSPS) is 10.5. The van der Waals surface area contributed by atoms with Crippen LogP contribution in [-0.2, 0) is 6.54 Å². The largest absolute Gasteiger partial charge is 0.493 e. The Kier molecular flexibility index (Phi) is 5.70. The summed E-state index contributed by atoms with van der Waals surface area (Å²) in [6, 6.07) is 11.0. The summed E-state index contributed by atoms with van der Waals surface area (Å²) in [5.74, 6) is 0.708. The van der Waals surface area contributed by atoms with Gasteiger partial charge in [-0.2, -0.15) is 4.68 Å². The highest BCUT2D eigenvalue weighted by Crippen LogP contribution is 2.33. The third-order valence-electron chi connectivity index (χ3n) is 3.85. The molecule has 3 aromatic rings. The Morgan fingerprint density at radius 3 is 2.33 bits per heavy atom. The van der Waals surface area contributed by atoms with Crippen LogP contribution in [0.5, 0.6) is 17.6 Å². The van der Waals surface area contributed by atoms with E-state index in [-0.39, 0.29) is 6.08 Å². The van der Waals surface area contributed by atoms with Crippen molar-refractivity contribution in [2.75, 3.05) is 26.6 Å². The molecule has 27 heavy (non-hydrogen) atoms. The molecule has 9 heteroatoms. The van der Waals surface area contributed by atoms with Gasteiger partial charge in [0.25, 0.3) is 0 Å². The highest BCUT2D eigenvalue weighted by atomic mass is 79.9. The molecule has 8 nitrogen and oxygen atoms in total. The molecule has 3 rings (SSSR count). The van der Waals surface area contributed by atoms with Crippen molar-refractivity contribution in [3.05, 3.63) is 57.0 Å². The molecule has 0 spiro atoms. The zero-order valence-corrected chi connectivity index (χ0v) is 16.6. The van der Waals surface area contributed by atoms with Gasteiger partial charge >= 0.3 is 11.8 Å². The molecule has 0 aliphatic heterocycles. The molecule has 0 saturated heterocycles. The maximum Gasteiger partial charge on any atom is 0.444 e. The second kappa shape index (κ2) is 8.17. The third kappa shape index (κ3) is 4.08. The lowest BCUT2D eigenvalue weighted by Crippen LogP contribution is -2.13. The number of hydrogen-bond donors (Lipinski definition) is 1. The quantitative estimate of drug-likeness (QED) is 0.609. The lowest BCUT2D eigenvalue weighted by atomic mass is 10.2. The summed E-state index contributed by atoms with van der Waals surface area (Å²) >= 11 is 3.54. The van der Waals surface area contributed by atoms with E-state index >= 15 is 0 Å². The van der Waals surface area contributed by atoms with E-state index < -0.39 is 5.76 Å². The van der Waals surface area contributed by atoms with Gasteiger partial charge in [0.1, 0.15) is 0 Å². The van der Waals surface area contributed by atoms with Crippen molar-refractivity contribution in [2.45, 2.75) is 6.54 Å². The average molecular weight is 436 g/mol. The Labute approximate surface area is 163 Å². The number of benzene rings is 2. The van der Waals surface area contributed by atoms with Gasteiger partial charge in [-0.1, -0.05) is 21.0 Å². The second-order valence-corrected chi connectivity index (χ2v) is 6.30. The molecule has 0 radical (unpaired) electrons. The van der Waals surface area contributed by atoms with E-state index in [4.69, 9.17) is 18.6 Å². The number of aromatic nitrogens is 2. The second-order valence-electron chi connectivity index (χ2n) is 5.45. The molecule has 0 atom stereocenters. The fourth-order valence-corrected chi connectivity index (χ4v) is 2.92. The minimum atomic E-state index is -0.609. The number of anilines is 1. The van der Waals surface area contributed by atoms with Gasteiger partial charge in [-0.05, 0) is 42.0 Å². The van der Waals surface area contributed by atoms with Gasteiger partial charge in [-0.3, -0.25) is 0 Å². The predicted molar refractivity (Wildman–Crippen MR) is 103 cm³/mol. The van der Waals surface area contributed by atoms with E-state index in [1.165, 1.54) is 7.11 Å². The van der Waals surface area contributed by atoms with Crippen LogP contribution in [0, 0.1) is 0 Å². The van der Waals surface area contributed by atoms with Crippen molar-refractivity contribution < 1.29 is 18.6 Å². The highest BCUT2D eigenvalue weighted by Gasteiger charge is 2.11. The number of methoxy groups -OCH3 is 3. The average Bonchev–Trinajstić information content (AvgIpc) is 3.08. The summed E-state index contributed by atoms with van der Waals surface area (Å²) in [6.45, 7) is 0.567. The summed E-state index contributed by atoms with van der Waals surface area (Å²) in [7, 11) is 4.58. The maximum absolute atomic E-state index is 11.8. The number of halogens is 1. The first-order chi connectivity index (χ1) is 13.0. The maximum atomic E-state index is 11.8. The van der Waals surface area contributed by atoms with Gasteiger partial charge in [-0.25, -0.2) is 4.79 Å². The van der Waals surface area contributed by atoms with Crippen molar-refractivity contribution in [3.8, 4) is 23.3 Å². The lowest BCUT2D eigenvalue weighted by molar-refractivity contribution is 0.282. The van der Waals surface area contributed by atoms with Gasteiger partial charge in [0.05, 0.1) is 27.0 Å². The summed E-state index contributed by atoms with van der Waals surface area (Å²) < 4.78 is 22.3. The number of nitrogens with zero attached hydrogens (tertiary/aromatic N) is 2. The van der Waals surface area contributed by atoms with E-state index in [2.05, 4.69) is 26.3 Å². The minimum absolute atomic E-state index is 0.0829. The van der Waals surface area contributed by atoms with Crippen LogP contribution in [0.4, 0.5) is 5.69 Å². The Morgan fingerprint density at radius 1 is 1.07 bits per heavy atom. The van der Waals surface area contributed by atoms with E-state index in [9.17, 15) is 4.79 Å². The Balaban J connectivity index is 1.74. The summed E-state index contributed by atoms with van der Waals surface area (Å²) in [4.78, 5) is 11.8. The molecular weight excluding hydrogens is 418 g/mol. The number of rotatable bonds is 7. The van der Waals surface area contributed by atoms with Crippen LogP contribution < -0.4 is 25.3 Å². The SMILES string of the molecule is COc1nn(-c2ccc(NCc3cc(OC)c(OC)cc3Br)cc2)c(=O)o1. The van der Waals surface area contributed by atoms with E-state index in [0.717, 1.165) is 20.4 Å². The van der Waals surface area contributed by atoms with Crippen LogP contribution in [-0.4, -0.2) is 31.1 Å². The molecule has 0 amide bonds. The fourth-order valence-electron chi connectivity index (χ4n) is 2.46. The molecule has 2 aromatic carbocycles. The molecule has 0 bridgehead atoms. The standard InChI is InChI=1S/C18H18BrN3O5/c1-24-15-8-11(14(19)9-16(15)25-2)10-20-12-4-6-13(7-5-12)22-18(23)27-17(21-22)26-3/h4-9,20H,10H2,1-3H3. The molecule has 1 N–H and O–H groups in total. The molecule has 0 unspecified atom stereocenters. The molecule has 1 heterocycles. The summed E-state index contributed by atoms with van der Waals surface area (Å²) in [6.07, 6.45) is -0.0829. The van der Waals surface area contributed by atoms with Gasteiger partial charge in [0.2, 0.25) is 0 Å². The predicted octanol–water partition coefficient (Wildman–Crippen LogP) is 3.23. The molecule has 0 saturated carbocycles. The van der Waals surface area contributed by atoms with Crippen molar-refractivity contribution in [3.63, 3.8) is 0 Å². The van der Waals surface area contributed by atoms with E-state index in [0.29, 0.717) is 23.7 Å². The Bertz CT molecular complexity index is 982. The Hall–Kier alpha value is -2.94. The first-order valence-electron chi connectivity index (χ1n) is 7.94. The number of nitrogens with one attached hydrogen (secondary N) is 1. The molecule has 142 valence electrons. The Morgan fingerprint density at radius 2 is 1.74 bits per heavy atom. The highest BCUT2D eigenvalue weighted by molar-refractivity contribution is 9.10. The van der Waals surface area contributed by atoms with Crippen molar-refractivity contribution in [2.24, 2.45) is 0 Å². The third-order valence-corrected chi connectivity index (χ3v) is 4.59. The zero-order chi connectivity index (χ0) is 19.4. The lowest BCUT2D eigenvalue weighted by Gasteiger charge is -2.13. The monoisotopic (exact) mass is 435 g/mol. The fraction of sp³-hybridized carbons (Fsp3) is 0.222. The smallest absolute Gasteiger partial charge is 0.444 e. The van der Waals surface area contributed by atoms with Gasteiger partial charge in [0.15, 0.2) is 11.5 Å². The van der Waals surface area contributed by atoms with Gasteiger partial charge in [0, 0.05) is 16.7 Å². The number of hydrogen-bond acceptors (Lipinski definition) is 7. The topological polar surface area (TPSA) is 87.8 Å². The van der Waals surface area contributed by atoms with Crippen LogP contribution >= 0.6 is 15.9 Å². The van der Waals surface area contributed by atoms with Crippen LogP contribution in [0.3, 0.4) is 0 Å². The first kappa shape index (κ1) is 18.8. The van der Waals surface area contributed by atoms with Crippen LogP contribution in [0.25, 0.3) is 5.69 Å². The molecule has 0 fully saturated rings. The van der Waals surface area contributed by atoms with Gasteiger partial charge < -0.3 is 23.9 Å². The van der Waals surface area contributed by atoms with Crippen LogP contribution in [0.2, 0.25) is 0 Å². The molecular formula is C18H18BrN3O5. The van der Waals surface area contributed by atoms with Crippen LogP contribution in [0.15, 0.2) is 50.1 Å². The van der Waals surface area contributed by atoms with Gasteiger partial charge in [-0.15, -0.1) is 0 Å². The summed E-state index contributed by atoms with van der Waals surface area (Å²) in [5, 5.41) is 7.25. The molecule has 0 aliphatic carbocycles. The molecule has 1 aromatic heterocycles. The summed E-state index contributed by atoms with van der Waals surface area (Å²) in [5.41, 5.74) is 2.46.